The molecule has 0 aliphatic rings. The zero-order valence-corrected chi connectivity index (χ0v) is 17.4. The Bertz CT molecular complexity index is 972. The average molecular weight is 429 g/mol. The van der Waals surface area contributed by atoms with Crippen molar-refractivity contribution in [3.8, 4) is 11.5 Å². The zero-order valence-electron chi connectivity index (χ0n) is 16.7. The summed E-state index contributed by atoms with van der Waals surface area (Å²) in [5.41, 5.74) is 1.28. The molecule has 0 bridgehead atoms. The molecule has 5 heteroatoms. The van der Waals surface area contributed by atoms with Crippen molar-refractivity contribution in [3.63, 3.8) is 0 Å². The van der Waals surface area contributed by atoms with Crippen LogP contribution in [-0.4, -0.2) is 13.7 Å². The number of hydrogen-bond donors (Lipinski definition) is 0. The molecule has 0 fully saturated rings. The molecule has 0 aliphatic carbocycles. The lowest BCUT2D eigenvalue weighted by molar-refractivity contribution is 0.187. The number of para-hydroxylation sites is 1. The van der Waals surface area contributed by atoms with E-state index in [2.05, 4.69) is 0 Å². The minimum Gasteiger partial charge on any atom is -0.457 e. The van der Waals surface area contributed by atoms with Gasteiger partial charge in [0.05, 0.1) is 0 Å². The first-order valence-corrected chi connectivity index (χ1v) is 10.0. The Balaban J connectivity index is 1.79. The number of ether oxygens (including phenoxy) is 2. The summed E-state index contributed by atoms with van der Waals surface area (Å²) in [6.07, 6.45) is 0.170. The molecule has 0 spiro atoms. The zero-order chi connectivity index (χ0) is 21.3. The van der Waals surface area contributed by atoms with Crippen LogP contribution in [0.25, 0.3) is 0 Å². The van der Waals surface area contributed by atoms with E-state index >= 15 is 4.39 Å². The summed E-state index contributed by atoms with van der Waals surface area (Å²) in [6, 6.07) is 23.1. The third-order valence-corrected chi connectivity index (χ3v) is 4.94. The summed E-state index contributed by atoms with van der Waals surface area (Å²) in [5, 5.41) is 0.546. The molecular weight excluding hydrogens is 406 g/mol. The summed E-state index contributed by atoms with van der Waals surface area (Å²) in [6.45, 7) is 0.314. The van der Waals surface area contributed by atoms with Gasteiger partial charge >= 0.3 is 0 Å². The van der Waals surface area contributed by atoms with E-state index in [1.54, 1.807) is 48.5 Å². The summed E-state index contributed by atoms with van der Waals surface area (Å²) in [7, 11) is 1.54. The second kappa shape index (κ2) is 10.9. The number of rotatable bonds is 9. The van der Waals surface area contributed by atoms with E-state index in [-0.39, 0.29) is 6.42 Å². The van der Waals surface area contributed by atoms with Crippen molar-refractivity contribution in [2.45, 2.75) is 18.8 Å². The molecule has 3 aromatic rings. The smallest absolute Gasteiger partial charge is 0.139 e. The highest BCUT2D eigenvalue weighted by atomic mass is 35.5. The molecule has 1 unspecified atom stereocenters. The monoisotopic (exact) mass is 428 g/mol. The standard InChI is InChI=1S/C25H23ClF2O2/c1-29-15-14-23(19-10-12-20(26)13-11-19)25(28)24(27)17-18-6-5-9-22(16-18)30-21-7-3-2-4-8-21/h2-13,16,23H,14-15,17H2,1H3. The quantitative estimate of drug-likeness (QED) is 0.348. The van der Waals surface area contributed by atoms with Gasteiger partial charge in [-0.05, 0) is 53.9 Å². The van der Waals surface area contributed by atoms with Crippen molar-refractivity contribution >= 4 is 11.6 Å². The lowest BCUT2D eigenvalue weighted by atomic mass is 9.93. The van der Waals surface area contributed by atoms with Crippen LogP contribution in [0.3, 0.4) is 0 Å². The van der Waals surface area contributed by atoms with Gasteiger partial charge in [-0.25, -0.2) is 8.78 Å². The minimum atomic E-state index is -0.803. The highest BCUT2D eigenvalue weighted by Crippen LogP contribution is 2.34. The third-order valence-electron chi connectivity index (χ3n) is 4.68. The molecule has 30 heavy (non-hydrogen) atoms. The van der Waals surface area contributed by atoms with Gasteiger partial charge in [-0.15, -0.1) is 0 Å². The molecule has 0 amide bonds. The number of hydrogen-bond acceptors (Lipinski definition) is 2. The fourth-order valence-corrected chi connectivity index (χ4v) is 3.29. The Kier molecular flexibility index (Phi) is 8.00. The van der Waals surface area contributed by atoms with Crippen LogP contribution in [0.5, 0.6) is 11.5 Å². The maximum atomic E-state index is 15.1. The van der Waals surface area contributed by atoms with Crippen LogP contribution in [0.15, 0.2) is 90.5 Å². The van der Waals surface area contributed by atoms with E-state index in [9.17, 15) is 4.39 Å². The molecule has 0 radical (unpaired) electrons. The molecule has 0 heterocycles. The summed E-state index contributed by atoms with van der Waals surface area (Å²) in [4.78, 5) is 0. The van der Waals surface area contributed by atoms with Crippen molar-refractivity contribution in [1.29, 1.82) is 0 Å². The fourth-order valence-electron chi connectivity index (χ4n) is 3.17. The van der Waals surface area contributed by atoms with Gasteiger partial charge in [0.2, 0.25) is 0 Å². The van der Waals surface area contributed by atoms with E-state index in [1.807, 2.05) is 30.3 Å². The minimum absolute atomic E-state index is 0.158. The third kappa shape index (κ3) is 6.15. The van der Waals surface area contributed by atoms with Gasteiger partial charge in [0, 0.05) is 31.1 Å². The Hall–Kier alpha value is -2.69. The van der Waals surface area contributed by atoms with Crippen molar-refractivity contribution in [2.24, 2.45) is 0 Å². The number of halogens is 3. The van der Waals surface area contributed by atoms with Crippen LogP contribution >= 0.6 is 11.6 Å². The summed E-state index contributed by atoms with van der Waals surface area (Å²) in [5.74, 6) is -1.07. The van der Waals surface area contributed by atoms with Crippen molar-refractivity contribution in [3.05, 3.63) is 107 Å². The van der Waals surface area contributed by atoms with E-state index < -0.39 is 17.6 Å². The molecule has 0 aromatic heterocycles. The molecule has 0 aliphatic heterocycles. The highest BCUT2D eigenvalue weighted by molar-refractivity contribution is 6.30. The van der Waals surface area contributed by atoms with Gasteiger partial charge in [-0.1, -0.05) is 54.1 Å². The molecule has 3 aromatic carbocycles. The topological polar surface area (TPSA) is 18.5 Å². The molecule has 0 saturated heterocycles. The number of allylic oxidation sites excluding steroid dienone is 2. The van der Waals surface area contributed by atoms with Crippen LogP contribution in [0, 0.1) is 0 Å². The second-order valence-electron chi connectivity index (χ2n) is 6.88. The first kappa shape index (κ1) is 22.0. The van der Waals surface area contributed by atoms with E-state index in [1.165, 1.54) is 7.11 Å². The van der Waals surface area contributed by atoms with Gasteiger partial charge in [-0.2, -0.15) is 0 Å². The van der Waals surface area contributed by atoms with Gasteiger partial charge in [0.1, 0.15) is 23.2 Å². The fraction of sp³-hybridized carbons (Fsp3) is 0.200. The SMILES string of the molecule is COCCC(C(F)=C(F)Cc1cccc(Oc2ccccc2)c1)c1ccc(Cl)cc1. The Morgan fingerprint density at radius 3 is 2.30 bits per heavy atom. The van der Waals surface area contributed by atoms with Crippen molar-refractivity contribution in [2.75, 3.05) is 13.7 Å². The molecule has 0 N–H and O–H groups in total. The maximum Gasteiger partial charge on any atom is 0.139 e. The Morgan fingerprint density at radius 1 is 0.900 bits per heavy atom. The van der Waals surface area contributed by atoms with E-state index in [4.69, 9.17) is 21.1 Å². The molecular formula is C25H23ClF2O2. The first-order chi connectivity index (χ1) is 14.6. The van der Waals surface area contributed by atoms with Gasteiger partial charge in [0.25, 0.3) is 0 Å². The molecule has 3 rings (SSSR count). The summed E-state index contributed by atoms with van der Waals surface area (Å²) >= 11 is 5.93. The van der Waals surface area contributed by atoms with E-state index in [0.717, 1.165) is 0 Å². The first-order valence-electron chi connectivity index (χ1n) is 9.67. The lowest BCUT2D eigenvalue weighted by Gasteiger charge is -2.16. The van der Waals surface area contributed by atoms with Crippen molar-refractivity contribution < 1.29 is 18.3 Å². The molecule has 2 nitrogen and oxygen atoms in total. The van der Waals surface area contributed by atoms with E-state index in [0.29, 0.717) is 40.7 Å². The molecule has 0 saturated carbocycles. The van der Waals surface area contributed by atoms with Crippen LogP contribution in [0.2, 0.25) is 5.02 Å². The molecule has 1 atom stereocenters. The highest BCUT2D eigenvalue weighted by Gasteiger charge is 2.21. The average Bonchev–Trinajstić information content (AvgIpc) is 2.76. The Labute approximate surface area is 180 Å². The second-order valence-corrected chi connectivity index (χ2v) is 7.31. The maximum absolute atomic E-state index is 15.1. The lowest BCUT2D eigenvalue weighted by Crippen LogP contribution is -2.06. The van der Waals surface area contributed by atoms with Gasteiger partial charge in [-0.3, -0.25) is 0 Å². The Morgan fingerprint density at radius 2 is 1.60 bits per heavy atom. The van der Waals surface area contributed by atoms with Crippen LogP contribution in [0.1, 0.15) is 23.5 Å². The van der Waals surface area contributed by atoms with Crippen LogP contribution < -0.4 is 4.74 Å². The summed E-state index contributed by atoms with van der Waals surface area (Å²) < 4.78 is 40.8. The van der Waals surface area contributed by atoms with Crippen LogP contribution in [0.4, 0.5) is 8.78 Å². The molecule has 156 valence electrons. The normalized spacial score (nSPS) is 12.9. The van der Waals surface area contributed by atoms with Gasteiger partial charge < -0.3 is 9.47 Å². The largest absolute Gasteiger partial charge is 0.457 e. The number of benzene rings is 3. The van der Waals surface area contributed by atoms with Gasteiger partial charge in [0.15, 0.2) is 0 Å². The predicted molar refractivity (Wildman–Crippen MR) is 117 cm³/mol. The number of methoxy groups -OCH3 is 1. The van der Waals surface area contributed by atoms with Crippen LogP contribution in [-0.2, 0) is 11.2 Å². The predicted octanol–water partition coefficient (Wildman–Crippen LogP) is 7.65. The van der Waals surface area contributed by atoms with Crippen molar-refractivity contribution in [1.82, 2.24) is 0 Å².